The Morgan fingerprint density at radius 2 is 2.06 bits per heavy atom. The van der Waals surface area contributed by atoms with E-state index < -0.39 is 0 Å². The maximum atomic E-state index is 11.7. The Balaban J connectivity index is 2.06. The van der Waals surface area contributed by atoms with Gasteiger partial charge in [0, 0.05) is 6.54 Å². The van der Waals surface area contributed by atoms with Gasteiger partial charge in [0.1, 0.15) is 0 Å². The maximum absolute atomic E-state index is 11.7. The number of amides is 1. The lowest BCUT2D eigenvalue weighted by molar-refractivity contribution is -0.122. The zero-order valence-corrected chi connectivity index (χ0v) is 11.2. The molecule has 1 atom stereocenters. The molecule has 0 aromatic carbocycles. The number of unbranched alkanes of at least 4 members (excludes halogenated alkanes) is 1. The lowest BCUT2D eigenvalue weighted by atomic mass is 9.87. The van der Waals surface area contributed by atoms with Crippen molar-refractivity contribution in [3.63, 3.8) is 0 Å². The first kappa shape index (κ1) is 14.5. The topological polar surface area (TPSA) is 55.1 Å². The van der Waals surface area contributed by atoms with Crippen LogP contribution in [0, 0.1) is 5.92 Å². The van der Waals surface area contributed by atoms with Crippen molar-refractivity contribution in [3.8, 4) is 0 Å². The number of nitrogens with one attached hydrogen (secondary N) is 1. The smallest absolute Gasteiger partial charge is 0.236 e. The molecule has 1 fully saturated rings. The molecule has 0 spiro atoms. The molecule has 1 amide bonds. The van der Waals surface area contributed by atoms with E-state index in [2.05, 4.69) is 12.2 Å². The largest absolute Gasteiger partial charge is 0.355 e. The highest BCUT2D eigenvalue weighted by molar-refractivity contribution is 5.81. The zero-order chi connectivity index (χ0) is 12.5. The van der Waals surface area contributed by atoms with Gasteiger partial charge in [0.2, 0.25) is 5.91 Å². The number of carbonyl (C=O) groups excluding carboxylic acids is 1. The highest BCUT2D eigenvalue weighted by Gasteiger charge is 2.15. The van der Waals surface area contributed by atoms with E-state index in [1.54, 1.807) is 0 Å². The van der Waals surface area contributed by atoms with E-state index >= 15 is 0 Å². The van der Waals surface area contributed by atoms with Crippen LogP contribution in [0.5, 0.6) is 0 Å². The van der Waals surface area contributed by atoms with Crippen LogP contribution in [0.2, 0.25) is 0 Å². The normalized spacial score (nSPS) is 18.9. The van der Waals surface area contributed by atoms with Crippen LogP contribution in [-0.2, 0) is 4.79 Å². The summed E-state index contributed by atoms with van der Waals surface area (Å²) in [5, 5.41) is 2.97. The molecule has 3 heteroatoms. The summed E-state index contributed by atoms with van der Waals surface area (Å²) < 4.78 is 0. The monoisotopic (exact) mass is 240 g/mol. The van der Waals surface area contributed by atoms with Gasteiger partial charge in [-0.2, -0.15) is 0 Å². The first-order chi connectivity index (χ1) is 8.24. The minimum atomic E-state index is -0.304. The third kappa shape index (κ3) is 6.06. The average Bonchev–Trinajstić information content (AvgIpc) is 2.37. The van der Waals surface area contributed by atoms with E-state index in [1.807, 2.05) is 0 Å². The van der Waals surface area contributed by atoms with Crippen LogP contribution in [0.4, 0.5) is 0 Å². The Bertz CT molecular complexity index is 212. The molecule has 0 radical (unpaired) electrons. The predicted molar refractivity (Wildman–Crippen MR) is 71.7 cm³/mol. The SMILES string of the molecule is CCCCC(N)C(=O)NCCC1CCCCC1. The summed E-state index contributed by atoms with van der Waals surface area (Å²) in [7, 11) is 0. The van der Waals surface area contributed by atoms with Crippen LogP contribution < -0.4 is 11.1 Å². The molecular formula is C14H28N2O. The third-order valence-corrected chi connectivity index (χ3v) is 3.78. The van der Waals surface area contributed by atoms with Crippen molar-refractivity contribution in [2.45, 2.75) is 70.8 Å². The minimum Gasteiger partial charge on any atom is -0.355 e. The zero-order valence-electron chi connectivity index (χ0n) is 11.2. The van der Waals surface area contributed by atoms with E-state index in [0.717, 1.165) is 38.1 Å². The molecule has 0 aromatic heterocycles. The van der Waals surface area contributed by atoms with Crippen LogP contribution in [0.3, 0.4) is 0 Å². The van der Waals surface area contributed by atoms with Gasteiger partial charge in [-0.25, -0.2) is 0 Å². The molecular weight excluding hydrogens is 212 g/mol. The second-order valence-corrected chi connectivity index (χ2v) is 5.33. The van der Waals surface area contributed by atoms with Gasteiger partial charge in [-0.3, -0.25) is 4.79 Å². The summed E-state index contributed by atoms with van der Waals surface area (Å²) >= 11 is 0. The first-order valence-electron chi connectivity index (χ1n) is 7.27. The Kier molecular flexibility index (Phi) is 7.25. The second-order valence-electron chi connectivity index (χ2n) is 5.33. The van der Waals surface area contributed by atoms with Crippen molar-refractivity contribution < 1.29 is 4.79 Å². The number of carbonyl (C=O) groups is 1. The molecule has 0 bridgehead atoms. The first-order valence-corrected chi connectivity index (χ1v) is 7.27. The lowest BCUT2D eigenvalue weighted by Gasteiger charge is -2.21. The Hall–Kier alpha value is -0.570. The van der Waals surface area contributed by atoms with Gasteiger partial charge in [0.25, 0.3) is 0 Å². The van der Waals surface area contributed by atoms with Gasteiger partial charge in [0.05, 0.1) is 6.04 Å². The fraction of sp³-hybridized carbons (Fsp3) is 0.929. The standard InChI is InChI=1S/C14H28N2O/c1-2-3-9-13(15)14(17)16-11-10-12-7-5-4-6-8-12/h12-13H,2-11,15H2,1H3,(H,16,17). The highest BCUT2D eigenvalue weighted by Crippen LogP contribution is 2.25. The number of rotatable bonds is 7. The summed E-state index contributed by atoms with van der Waals surface area (Å²) in [6, 6.07) is -0.304. The van der Waals surface area contributed by atoms with Crippen LogP contribution in [-0.4, -0.2) is 18.5 Å². The molecule has 0 saturated heterocycles. The molecule has 3 nitrogen and oxygen atoms in total. The molecule has 0 aliphatic heterocycles. The van der Waals surface area contributed by atoms with E-state index in [1.165, 1.54) is 32.1 Å². The lowest BCUT2D eigenvalue weighted by Crippen LogP contribution is -2.41. The van der Waals surface area contributed by atoms with Gasteiger partial charge in [-0.05, 0) is 18.8 Å². The molecule has 3 N–H and O–H groups in total. The molecule has 17 heavy (non-hydrogen) atoms. The van der Waals surface area contributed by atoms with Crippen molar-refractivity contribution in [2.75, 3.05) is 6.54 Å². The van der Waals surface area contributed by atoms with Crippen molar-refractivity contribution >= 4 is 5.91 Å². The Morgan fingerprint density at radius 1 is 1.35 bits per heavy atom. The van der Waals surface area contributed by atoms with Crippen molar-refractivity contribution in [2.24, 2.45) is 11.7 Å². The molecule has 0 aromatic rings. The Morgan fingerprint density at radius 3 is 2.71 bits per heavy atom. The van der Waals surface area contributed by atoms with Crippen molar-refractivity contribution in [3.05, 3.63) is 0 Å². The summed E-state index contributed by atoms with van der Waals surface area (Å²) in [6.07, 6.45) is 10.9. The van der Waals surface area contributed by atoms with Gasteiger partial charge >= 0.3 is 0 Å². The van der Waals surface area contributed by atoms with E-state index in [4.69, 9.17) is 5.73 Å². The third-order valence-electron chi connectivity index (χ3n) is 3.78. The van der Waals surface area contributed by atoms with Gasteiger partial charge in [0.15, 0.2) is 0 Å². The van der Waals surface area contributed by atoms with Crippen LogP contribution in [0.1, 0.15) is 64.7 Å². The number of hydrogen-bond donors (Lipinski definition) is 2. The molecule has 1 rings (SSSR count). The molecule has 100 valence electrons. The summed E-state index contributed by atoms with van der Waals surface area (Å²) in [6.45, 7) is 2.93. The van der Waals surface area contributed by atoms with Crippen molar-refractivity contribution in [1.82, 2.24) is 5.32 Å². The van der Waals surface area contributed by atoms with E-state index in [-0.39, 0.29) is 11.9 Å². The number of hydrogen-bond acceptors (Lipinski definition) is 2. The van der Waals surface area contributed by atoms with Gasteiger partial charge in [-0.1, -0.05) is 51.9 Å². The van der Waals surface area contributed by atoms with Crippen LogP contribution in [0.15, 0.2) is 0 Å². The quantitative estimate of drug-likeness (QED) is 0.718. The molecule has 1 saturated carbocycles. The van der Waals surface area contributed by atoms with Crippen LogP contribution in [0.25, 0.3) is 0 Å². The van der Waals surface area contributed by atoms with E-state index in [9.17, 15) is 4.79 Å². The predicted octanol–water partition coefficient (Wildman–Crippen LogP) is 2.59. The molecule has 1 aliphatic carbocycles. The minimum absolute atomic E-state index is 0.0364. The van der Waals surface area contributed by atoms with E-state index in [0.29, 0.717) is 0 Å². The Labute approximate surface area is 106 Å². The fourth-order valence-corrected chi connectivity index (χ4v) is 2.56. The van der Waals surface area contributed by atoms with Gasteiger partial charge in [-0.15, -0.1) is 0 Å². The maximum Gasteiger partial charge on any atom is 0.236 e. The average molecular weight is 240 g/mol. The highest BCUT2D eigenvalue weighted by atomic mass is 16.2. The summed E-state index contributed by atoms with van der Waals surface area (Å²) in [4.78, 5) is 11.7. The molecule has 1 aliphatic rings. The summed E-state index contributed by atoms with van der Waals surface area (Å²) in [5.74, 6) is 0.866. The summed E-state index contributed by atoms with van der Waals surface area (Å²) in [5.41, 5.74) is 5.81. The fourth-order valence-electron chi connectivity index (χ4n) is 2.56. The second kappa shape index (κ2) is 8.51. The van der Waals surface area contributed by atoms with Gasteiger partial charge < -0.3 is 11.1 Å². The number of nitrogens with two attached hydrogens (primary N) is 1. The molecule has 1 unspecified atom stereocenters. The van der Waals surface area contributed by atoms with Crippen LogP contribution >= 0.6 is 0 Å². The molecule has 0 heterocycles. The van der Waals surface area contributed by atoms with Crippen molar-refractivity contribution in [1.29, 1.82) is 0 Å².